The molecule has 0 bridgehead atoms. The first-order valence-electron chi connectivity index (χ1n) is 10.4. The number of ether oxygens (including phenoxy) is 5. The molecule has 3 heterocycles. The Kier molecular flexibility index (Phi) is 6.35. The van der Waals surface area contributed by atoms with Crippen molar-refractivity contribution in [3.63, 3.8) is 0 Å². The summed E-state index contributed by atoms with van der Waals surface area (Å²) in [7, 11) is 1.20. The van der Waals surface area contributed by atoms with Crippen molar-refractivity contribution in [1.82, 2.24) is 0 Å². The Morgan fingerprint density at radius 3 is 2.55 bits per heavy atom. The molecule has 0 saturated carbocycles. The Labute approximate surface area is 188 Å². The second-order valence-electron chi connectivity index (χ2n) is 8.33. The van der Waals surface area contributed by atoms with Gasteiger partial charge in [-0.15, -0.1) is 0 Å². The molecule has 0 aromatic rings. The van der Waals surface area contributed by atoms with E-state index >= 15 is 0 Å². The molecule has 0 radical (unpaired) electrons. The predicted octanol–water partition coefficient (Wildman–Crippen LogP) is -2.38. The van der Waals surface area contributed by atoms with Crippen LogP contribution in [0.15, 0.2) is 35.6 Å². The third-order valence-electron chi connectivity index (χ3n) is 6.33. The van der Waals surface area contributed by atoms with Crippen LogP contribution in [0.3, 0.4) is 0 Å². The highest BCUT2D eigenvalue weighted by Crippen LogP contribution is 2.50. The standard InChI is InChI=1S/C21H26O12/c1-8(23)10-5-21(33-18(10)28)4-3-9-11(17(27)29-2)7-30-19(13(9)21)32-20-16(26)15(25)14(24)12(6-22)31-20/h3-5,7-9,12-16,19-20,22-26H,6H2,1-2H3/t8-,9-,12+,13-,14+,15-,16+,19-,20-,21+/m0/s1. The van der Waals surface area contributed by atoms with Crippen LogP contribution in [0.25, 0.3) is 0 Å². The molecule has 1 spiro atoms. The minimum absolute atomic E-state index is 0.0149. The Balaban J connectivity index is 1.67. The first-order valence-corrected chi connectivity index (χ1v) is 10.4. The summed E-state index contributed by atoms with van der Waals surface area (Å²) in [6.07, 6.45) is -4.38. The SMILES string of the molecule is COC(=O)C1=CO[C@@H](O[C@@H]2O[C@H](CO)[C@@H](O)[C@H](O)[C@H]2O)[C@@H]2[C@H]1C=C[C@@]21C=C([C@H](C)O)C(=O)O1. The molecule has 12 heteroatoms. The van der Waals surface area contributed by atoms with Gasteiger partial charge in [-0.2, -0.15) is 0 Å². The molecule has 5 N–H and O–H groups in total. The van der Waals surface area contributed by atoms with Gasteiger partial charge in [-0.3, -0.25) is 0 Å². The largest absolute Gasteiger partial charge is 0.471 e. The summed E-state index contributed by atoms with van der Waals surface area (Å²) >= 11 is 0. The lowest BCUT2D eigenvalue weighted by Crippen LogP contribution is -2.60. The van der Waals surface area contributed by atoms with Crippen molar-refractivity contribution in [3.8, 4) is 0 Å². The highest BCUT2D eigenvalue weighted by atomic mass is 16.8. The second-order valence-corrected chi connectivity index (χ2v) is 8.33. The number of aliphatic hydroxyl groups excluding tert-OH is 5. The van der Waals surface area contributed by atoms with Gasteiger partial charge in [0.2, 0.25) is 6.29 Å². The Morgan fingerprint density at radius 2 is 1.94 bits per heavy atom. The molecule has 12 nitrogen and oxygen atoms in total. The van der Waals surface area contributed by atoms with Gasteiger partial charge in [-0.25, -0.2) is 9.59 Å². The summed E-state index contributed by atoms with van der Waals surface area (Å²) in [6.45, 7) is 0.750. The number of hydrogen-bond donors (Lipinski definition) is 5. The average molecular weight is 470 g/mol. The minimum Gasteiger partial charge on any atom is -0.471 e. The molecule has 0 aromatic heterocycles. The van der Waals surface area contributed by atoms with Crippen LogP contribution in [0.1, 0.15) is 6.92 Å². The first kappa shape index (κ1) is 23.8. The maximum absolute atomic E-state index is 12.4. The minimum atomic E-state index is -1.70. The van der Waals surface area contributed by atoms with Gasteiger partial charge >= 0.3 is 11.9 Å². The fraction of sp³-hybridized carbons (Fsp3) is 0.619. The van der Waals surface area contributed by atoms with Gasteiger partial charge < -0.3 is 49.2 Å². The van der Waals surface area contributed by atoms with Crippen molar-refractivity contribution in [2.75, 3.05) is 13.7 Å². The van der Waals surface area contributed by atoms with Crippen LogP contribution in [0.4, 0.5) is 0 Å². The summed E-state index contributed by atoms with van der Waals surface area (Å²) in [4.78, 5) is 24.7. The molecule has 0 aromatic carbocycles. The smallest absolute Gasteiger partial charge is 0.337 e. The number of rotatable bonds is 5. The van der Waals surface area contributed by atoms with Gasteiger partial charge in [0.05, 0.1) is 43.1 Å². The summed E-state index contributed by atoms with van der Waals surface area (Å²) in [5, 5.41) is 49.8. The quantitative estimate of drug-likeness (QED) is 0.213. The van der Waals surface area contributed by atoms with E-state index in [0.717, 1.165) is 6.26 Å². The number of carbonyl (C=O) groups is 2. The van der Waals surface area contributed by atoms with E-state index < -0.39 is 79.1 Å². The molecule has 1 saturated heterocycles. The lowest BCUT2D eigenvalue weighted by atomic mass is 9.78. The van der Waals surface area contributed by atoms with Crippen LogP contribution < -0.4 is 0 Å². The van der Waals surface area contributed by atoms with Crippen LogP contribution in [0.5, 0.6) is 0 Å². The highest BCUT2D eigenvalue weighted by molar-refractivity contribution is 5.94. The van der Waals surface area contributed by atoms with Crippen LogP contribution in [-0.2, 0) is 33.3 Å². The first-order chi connectivity index (χ1) is 15.6. The zero-order valence-corrected chi connectivity index (χ0v) is 17.8. The zero-order valence-electron chi connectivity index (χ0n) is 17.8. The Morgan fingerprint density at radius 1 is 1.21 bits per heavy atom. The molecular formula is C21H26O12. The second kappa shape index (κ2) is 8.80. The third-order valence-corrected chi connectivity index (χ3v) is 6.33. The summed E-state index contributed by atoms with van der Waals surface area (Å²) in [5.41, 5.74) is -1.30. The van der Waals surface area contributed by atoms with E-state index in [9.17, 15) is 35.1 Å². The fourth-order valence-corrected chi connectivity index (χ4v) is 4.57. The zero-order chi connectivity index (χ0) is 24.1. The maximum Gasteiger partial charge on any atom is 0.337 e. The molecule has 0 amide bonds. The lowest BCUT2D eigenvalue weighted by molar-refractivity contribution is -0.344. The van der Waals surface area contributed by atoms with E-state index in [1.165, 1.54) is 20.1 Å². The molecule has 33 heavy (non-hydrogen) atoms. The monoisotopic (exact) mass is 470 g/mol. The molecule has 10 atom stereocenters. The van der Waals surface area contributed by atoms with E-state index in [-0.39, 0.29) is 11.1 Å². The van der Waals surface area contributed by atoms with E-state index in [2.05, 4.69) is 0 Å². The topological polar surface area (TPSA) is 181 Å². The van der Waals surface area contributed by atoms with Gasteiger partial charge in [0, 0.05) is 5.92 Å². The van der Waals surface area contributed by atoms with Gasteiger partial charge in [-0.1, -0.05) is 6.08 Å². The lowest BCUT2D eigenvalue weighted by Gasteiger charge is -2.44. The van der Waals surface area contributed by atoms with Crippen molar-refractivity contribution in [1.29, 1.82) is 0 Å². The third kappa shape index (κ3) is 3.87. The van der Waals surface area contributed by atoms with Crippen molar-refractivity contribution in [3.05, 3.63) is 35.6 Å². The van der Waals surface area contributed by atoms with Crippen LogP contribution in [0, 0.1) is 11.8 Å². The van der Waals surface area contributed by atoms with E-state index in [4.69, 9.17) is 23.7 Å². The fourth-order valence-electron chi connectivity index (χ4n) is 4.57. The maximum atomic E-state index is 12.4. The molecule has 1 fully saturated rings. The average Bonchev–Trinajstić information content (AvgIpc) is 3.34. The van der Waals surface area contributed by atoms with Crippen LogP contribution in [0.2, 0.25) is 0 Å². The number of fused-ring (bicyclic) bond motifs is 2. The summed E-state index contributed by atoms with van der Waals surface area (Å²) in [5.74, 6) is -3.03. The Hall–Kier alpha value is -2.32. The number of methoxy groups -OCH3 is 1. The molecule has 182 valence electrons. The van der Waals surface area contributed by atoms with Crippen molar-refractivity contribution >= 4 is 11.9 Å². The number of allylic oxidation sites excluding steroid dienone is 1. The summed E-state index contributed by atoms with van der Waals surface area (Å²) in [6, 6.07) is 0. The number of hydrogen-bond acceptors (Lipinski definition) is 12. The molecule has 1 aliphatic carbocycles. The molecule has 3 aliphatic heterocycles. The van der Waals surface area contributed by atoms with E-state index in [1.54, 1.807) is 12.2 Å². The summed E-state index contributed by atoms with van der Waals surface area (Å²) < 4.78 is 27.2. The van der Waals surface area contributed by atoms with Crippen molar-refractivity contribution in [2.24, 2.45) is 11.8 Å². The van der Waals surface area contributed by atoms with Crippen molar-refractivity contribution in [2.45, 2.75) is 55.6 Å². The van der Waals surface area contributed by atoms with Gasteiger partial charge in [-0.05, 0) is 19.1 Å². The van der Waals surface area contributed by atoms with E-state index in [0.29, 0.717) is 0 Å². The normalized spacial score (nSPS) is 42.8. The predicted molar refractivity (Wildman–Crippen MR) is 105 cm³/mol. The number of carbonyl (C=O) groups excluding carboxylic acids is 2. The van der Waals surface area contributed by atoms with Crippen LogP contribution >= 0.6 is 0 Å². The highest BCUT2D eigenvalue weighted by Gasteiger charge is 2.59. The van der Waals surface area contributed by atoms with Gasteiger partial charge in [0.25, 0.3) is 0 Å². The van der Waals surface area contributed by atoms with Gasteiger partial charge in [0.15, 0.2) is 11.9 Å². The van der Waals surface area contributed by atoms with Crippen LogP contribution in [-0.4, -0.2) is 99.9 Å². The van der Waals surface area contributed by atoms with Gasteiger partial charge in [0.1, 0.15) is 24.4 Å². The van der Waals surface area contributed by atoms with E-state index in [1.807, 2.05) is 0 Å². The number of aliphatic hydroxyl groups is 5. The molecule has 4 rings (SSSR count). The molecular weight excluding hydrogens is 444 g/mol. The molecule has 0 unspecified atom stereocenters. The number of esters is 2. The van der Waals surface area contributed by atoms with Crippen molar-refractivity contribution < 1.29 is 58.8 Å². The molecule has 4 aliphatic rings. The Bertz CT molecular complexity index is 892.